The fourth-order valence-corrected chi connectivity index (χ4v) is 1.34. The van der Waals surface area contributed by atoms with Gasteiger partial charge < -0.3 is 4.42 Å². The summed E-state index contributed by atoms with van der Waals surface area (Å²) in [5.74, 6) is 0. The van der Waals surface area contributed by atoms with Crippen molar-refractivity contribution in [2.24, 2.45) is 0 Å². The molecule has 1 heterocycles. The molecule has 0 fully saturated rings. The van der Waals surface area contributed by atoms with Gasteiger partial charge in [-0.2, -0.15) is 0 Å². The Bertz CT molecular complexity index is 349. The van der Waals surface area contributed by atoms with Crippen LogP contribution < -0.4 is 0 Å². The lowest BCUT2D eigenvalue weighted by Crippen LogP contribution is -1.76. The van der Waals surface area contributed by atoms with Crippen molar-refractivity contribution in [3.63, 3.8) is 0 Å². The van der Waals surface area contributed by atoms with Crippen molar-refractivity contribution in [1.29, 1.82) is 0 Å². The number of hydrogen-bond acceptors (Lipinski definition) is 1. The highest BCUT2D eigenvalue weighted by molar-refractivity contribution is 5.83. The Kier molecular flexibility index (Phi) is 3.13. The van der Waals surface area contributed by atoms with E-state index in [1.165, 1.54) is 16.5 Å². The zero-order valence-electron chi connectivity index (χ0n) is 8.72. The first-order valence-corrected chi connectivity index (χ1v) is 4.72. The average Bonchev–Trinajstić information content (AvgIpc) is 2.64. The largest absolute Gasteiger partial charge is 0.464 e. The van der Waals surface area contributed by atoms with E-state index in [1.807, 2.05) is 19.9 Å². The Balaban J connectivity index is 0.000000396. The second kappa shape index (κ2) is 4.13. The predicted octanol–water partition coefficient (Wildman–Crippen LogP) is 4.08. The number of hydrogen-bond donors (Lipinski definition) is 0. The third-order valence-electron chi connectivity index (χ3n) is 2.03. The van der Waals surface area contributed by atoms with Crippen molar-refractivity contribution in [1.82, 2.24) is 0 Å². The van der Waals surface area contributed by atoms with Gasteiger partial charge in [0.05, 0.1) is 6.26 Å². The van der Waals surface area contributed by atoms with Crippen molar-refractivity contribution in [3.05, 3.63) is 35.6 Å². The van der Waals surface area contributed by atoms with Gasteiger partial charge in [-0.15, -0.1) is 0 Å². The molecule has 0 atom stereocenters. The van der Waals surface area contributed by atoms with Gasteiger partial charge in [-0.1, -0.05) is 26.0 Å². The van der Waals surface area contributed by atoms with E-state index in [4.69, 9.17) is 4.42 Å². The van der Waals surface area contributed by atoms with Gasteiger partial charge in [-0.3, -0.25) is 0 Å². The number of fused-ring (bicyclic) bond motifs is 1. The molecule has 0 spiro atoms. The maximum absolute atomic E-state index is 5.33. The molecule has 0 radical (unpaired) electrons. The van der Waals surface area contributed by atoms with Crippen molar-refractivity contribution in [2.75, 3.05) is 0 Å². The zero-order chi connectivity index (χ0) is 9.84. The summed E-state index contributed by atoms with van der Waals surface area (Å²) in [6.45, 7) is 8.16. The molecule has 1 nitrogen and oxygen atoms in total. The number of benzene rings is 1. The molecular formula is C12H16O. The lowest BCUT2D eigenvalue weighted by molar-refractivity contribution is 0.613. The van der Waals surface area contributed by atoms with Crippen LogP contribution in [0.3, 0.4) is 0 Å². The first-order chi connectivity index (χ1) is 6.29. The summed E-state index contributed by atoms with van der Waals surface area (Å²) in [7, 11) is 0. The Morgan fingerprint density at radius 1 is 0.923 bits per heavy atom. The molecule has 0 aliphatic rings. The van der Waals surface area contributed by atoms with Gasteiger partial charge in [0.1, 0.15) is 5.58 Å². The first-order valence-electron chi connectivity index (χ1n) is 4.72. The van der Waals surface area contributed by atoms with Crippen molar-refractivity contribution in [3.8, 4) is 0 Å². The van der Waals surface area contributed by atoms with Crippen LogP contribution in [0.15, 0.2) is 28.9 Å². The molecule has 0 unspecified atom stereocenters. The smallest absolute Gasteiger partial charge is 0.137 e. The summed E-state index contributed by atoms with van der Waals surface area (Å²) in [6, 6.07) is 6.21. The molecule has 1 aromatic heterocycles. The molecule has 0 aliphatic carbocycles. The molecule has 0 saturated carbocycles. The Hall–Kier alpha value is -1.24. The molecule has 0 saturated heterocycles. The molecule has 2 aromatic rings. The van der Waals surface area contributed by atoms with Crippen molar-refractivity contribution in [2.45, 2.75) is 27.7 Å². The van der Waals surface area contributed by atoms with Gasteiger partial charge in [-0.05, 0) is 31.0 Å². The first kappa shape index (κ1) is 9.85. The van der Waals surface area contributed by atoms with Crippen LogP contribution in [0, 0.1) is 13.8 Å². The van der Waals surface area contributed by atoms with E-state index in [9.17, 15) is 0 Å². The Morgan fingerprint density at radius 2 is 1.54 bits per heavy atom. The van der Waals surface area contributed by atoms with Crippen LogP contribution in [0.1, 0.15) is 25.0 Å². The number of rotatable bonds is 0. The summed E-state index contributed by atoms with van der Waals surface area (Å²) < 4.78 is 5.33. The quantitative estimate of drug-likeness (QED) is 0.589. The third kappa shape index (κ3) is 1.74. The maximum Gasteiger partial charge on any atom is 0.137 e. The monoisotopic (exact) mass is 176 g/mol. The molecule has 0 amide bonds. The lowest BCUT2D eigenvalue weighted by Gasteiger charge is -1.96. The van der Waals surface area contributed by atoms with E-state index in [0.29, 0.717) is 0 Å². The van der Waals surface area contributed by atoms with Crippen LogP contribution in [-0.4, -0.2) is 0 Å². The van der Waals surface area contributed by atoms with Gasteiger partial charge in [0.15, 0.2) is 0 Å². The molecule has 1 heteroatoms. The summed E-state index contributed by atoms with van der Waals surface area (Å²) in [5.41, 5.74) is 3.50. The van der Waals surface area contributed by atoms with Gasteiger partial charge >= 0.3 is 0 Å². The van der Waals surface area contributed by atoms with Crippen LogP contribution in [0.5, 0.6) is 0 Å². The standard InChI is InChI=1S/C10H10O.C2H6/c1-7-3-4-8(2)10-9(7)5-6-11-10;1-2/h3-6H,1-2H3;1-2H3. The summed E-state index contributed by atoms with van der Waals surface area (Å²) in [5, 5.41) is 1.23. The van der Waals surface area contributed by atoms with E-state index in [0.717, 1.165) is 5.58 Å². The highest BCUT2D eigenvalue weighted by Gasteiger charge is 2.01. The van der Waals surface area contributed by atoms with E-state index in [2.05, 4.69) is 26.0 Å². The van der Waals surface area contributed by atoms with Crippen LogP contribution in [0.4, 0.5) is 0 Å². The Morgan fingerprint density at radius 3 is 2.15 bits per heavy atom. The number of furan rings is 1. The molecule has 70 valence electrons. The normalized spacial score (nSPS) is 9.54. The van der Waals surface area contributed by atoms with Crippen molar-refractivity contribution < 1.29 is 4.42 Å². The van der Waals surface area contributed by atoms with E-state index in [1.54, 1.807) is 6.26 Å². The van der Waals surface area contributed by atoms with Crippen LogP contribution in [0.25, 0.3) is 11.0 Å². The van der Waals surface area contributed by atoms with E-state index in [-0.39, 0.29) is 0 Å². The second-order valence-electron chi connectivity index (χ2n) is 2.86. The average molecular weight is 176 g/mol. The Labute approximate surface area is 79.4 Å². The highest BCUT2D eigenvalue weighted by Crippen LogP contribution is 2.22. The lowest BCUT2D eigenvalue weighted by atomic mass is 10.1. The number of aryl methyl sites for hydroxylation is 2. The summed E-state index contributed by atoms with van der Waals surface area (Å²) >= 11 is 0. The van der Waals surface area contributed by atoms with E-state index >= 15 is 0 Å². The van der Waals surface area contributed by atoms with Crippen LogP contribution in [-0.2, 0) is 0 Å². The van der Waals surface area contributed by atoms with Gasteiger partial charge in [0.2, 0.25) is 0 Å². The molecule has 0 bridgehead atoms. The fourth-order valence-electron chi connectivity index (χ4n) is 1.34. The summed E-state index contributed by atoms with van der Waals surface area (Å²) in [4.78, 5) is 0. The highest BCUT2D eigenvalue weighted by atomic mass is 16.3. The van der Waals surface area contributed by atoms with E-state index < -0.39 is 0 Å². The fraction of sp³-hybridized carbons (Fsp3) is 0.333. The SMILES string of the molecule is CC.Cc1ccc(C)c2occc12. The topological polar surface area (TPSA) is 13.1 Å². The maximum atomic E-state index is 5.33. The predicted molar refractivity (Wildman–Crippen MR) is 57.0 cm³/mol. The molecular weight excluding hydrogens is 160 g/mol. The minimum absolute atomic E-state index is 1.02. The molecule has 0 N–H and O–H groups in total. The molecule has 2 rings (SSSR count). The molecule has 13 heavy (non-hydrogen) atoms. The van der Waals surface area contributed by atoms with Crippen LogP contribution >= 0.6 is 0 Å². The van der Waals surface area contributed by atoms with Gasteiger partial charge in [-0.25, -0.2) is 0 Å². The van der Waals surface area contributed by atoms with Crippen molar-refractivity contribution >= 4 is 11.0 Å². The van der Waals surface area contributed by atoms with Crippen LogP contribution in [0.2, 0.25) is 0 Å². The summed E-state index contributed by atoms with van der Waals surface area (Å²) in [6.07, 6.45) is 1.74. The minimum atomic E-state index is 1.02. The van der Waals surface area contributed by atoms with Gasteiger partial charge in [0.25, 0.3) is 0 Å². The minimum Gasteiger partial charge on any atom is -0.464 e. The molecule has 0 aliphatic heterocycles. The third-order valence-corrected chi connectivity index (χ3v) is 2.03. The second-order valence-corrected chi connectivity index (χ2v) is 2.86. The zero-order valence-corrected chi connectivity index (χ0v) is 8.72. The van der Waals surface area contributed by atoms with Gasteiger partial charge in [0, 0.05) is 5.39 Å². The molecule has 1 aromatic carbocycles.